The molecule has 1 fully saturated rings. The molecule has 1 N–H and O–H groups in total. The summed E-state index contributed by atoms with van der Waals surface area (Å²) in [7, 11) is -3.66. The van der Waals surface area contributed by atoms with Crippen LogP contribution >= 0.6 is 0 Å². The Hall–Kier alpha value is -2.27. The van der Waals surface area contributed by atoms with Crippen molar-refractivity contribution in [2.24, 2.45) is 0 Å². The van der Waals surface area contributed by atoms with E-state index in [4.69, 9.17) is 0 Å². The first kappa shape index (κ1) is 19.5. The van der Waals surface area contributed by atoms with Crippen LogP contribution in [-0.2, 0) is 10.0 Å². The van der Waals surface area contributed by atoms with Crippen molar-refractivity contribution in [3.63, 3.8) is 0 Å². The van der Waals surface area contributed by atoms with Crippen LogP contribution in [0.25, 0.3) is 11.1 Å². The van der Waals surface area contributed by atoms with Gasteiger partial charge in [-0.3, -0.25) is 0 Å². The van der Waals surface area contributed by atoms with E-state index in [2.05, 4.69) is 6.07 Å². The number of nitrogens with zero attached hydrogens (tertiary/aromatic N) is 2. The third-order valence-corrected chi connectivity index (χ3v) is 7.32. The van der Waals surface area contributed by atoms with Crippen molar-refractivity contribution in [2.75, 3.05) is 6.61 Å². The number of rotatable bonds is 5. The Morgan fingerprint density at radius 1 is 1.19 bits per heavy atom. The minimum atomic E-state index is -3.66. The molecule has 0 amide bonds. The fourth-order valence-corrected chi connectivity index (χ4v) is 5.10. The van der Waals surface area contributed by atoms with Gasteiger partial charge in [-0.25, -0.2) is 12.8 Å². The van der Waals surface area contributed by atoms with Crippen LogP contribution < -0.4 is 0 Å². The molecule has 0 unspecified atom stereocenters. The summed E-state index contributed by atoms with van der Waals surface area (Å²) >= 11 is 0. The number of hydrogen-bond acceptors (Lipinski definition) is 4. The van der Waals surface area contributed by atoms with Crippen LogP contribution in [0.5, 0.6) is 0 Å². The highest BCUT2D eigenvalue weighted by Gasteiger charge is 2.55. The third kappa shape index (κ3) is 3.25. The van der Waals surface area contributed by atoms with E-state index in [0.29, 0.717) is 11.1 Å². The summed E-state index contributed by atoms with van der Waals surface area (Å²) in [5, 5.41) is 18.6. The molecule has 7 heteroatoms. The second-order valence-corrected chi connectivity index (χ2v) is 9.27. The lowest BCUT2D eigenvalue weighted by Crippen LogP contribution is -2.66. The first-order valence-corrected chi connectivity index (χ1v) is 10.2. The maximum Gasteiger partial charge on any atom is 0.218 e. The highest BCUT2D eigenvalue weighted by atomic mass is 32.2. The molecule has 2 aromatic carbocycles. The van der Waals surface area contributed by atoms with E-state index in [1.54, 1.807) is 56.3 Å². The number of sulfonamides is 1. The zero-order valence-electron chi connectivity index (χ0n) is 15.1. The zero-order chi connectivity index (χ0) is 19.8. The van der Waals surface area contributed by atoms with Gasteiger partial charge in [0.2, 0.25) is 10.0 Å². The van der Waals surface area contributed by atoms with Gasteiger partial charge in [0.1, 0.15) is 11.9 Å². The van der Waals surface area contributed by atoms with Gasteiger partial charge in [0, 0.05) is 11.5 Å². The summed E-state index contributed by atoms with van der Waals surface area (Å²) in [6.07, 6.45) is 0. The van der Waals surface area contributed by atoms with Crippen LogP contribution in [0, 0.1) is 17.1 Å². The maximum atomic E-state index is 14.0. The molecule has 1 aliphatic heterocycles. The van der Waals surface area contributed by atoms with Gasteiger partial charge >= 0.3 is 0 Å². The fourth-order valence-electron chi connectivity index (χ4n) is 3.54. The Morgan fingerprint density at radius 2 is 1.81 bits per heavy atom. The largest absolute Gasteiger partial charge is 0.395 e. The Balaban J connectivity index is 1.92. The molecule has 5 nitrogen and oxygen atoms in total. The van der Waals surface area contributed by atoms with Gasteiger partial charge in [-0.15, -0.1) is 0 Å². The van der Waals surface area contributed by atoms with Crippen LogP contribution in [0.1, 0.15) is 25.3 Å². The SMILES string of the molecule is CC(C)S(=O)(=O)N1[C@@H](C#N)[C@H](c2ccc(-c3ccccc3F)cc2)[C@@H]1CO. The smallest absolute Gasteiger partial charge is 0.218 e. The summed E-state index contributed by atoms with van der Waals surface area (Å²) in [5.74, 6) is -0.755. The van der Waals surface area contributed by atoms with E-state index in [9.17, 15) is 23.2 Å². The average Bonchev–Trinajstić information content (AvgIpc) is 2.62. The molecular formula is C20H21FN2O3S. The van der Waals surface area contributed by atoms with Crippen LogP contribution in [0.15, 0.2) is 48.5 Å². The number of hydrogen-bond donors (Lipinski definition) is 1. The number of nitriles is 1. The lowest BCUT2D eigenvalue weighted by Gasteiger charge is -2.50. The maximum absolute atomic E-state index is 14.0. The predicted octanol–water partition coefficient (Wildman–Crippen LogP) is 2.88. The van der Waals surface area contributed by atoms with Crippen molar-refractivity contribution in [1.82, 2.24) is 4.31 Å². The van der Waals surface area contributed by atoms with Crippen molar-refractivity contribution in [3.05, 3.63) is 59.9 Å². The number of aliphatic hydroxyl groups is 1. The molecule has 0 aromatic heterocycles. The average molecular weight is 388 g/mol. The van der Waals surface area contributed by atoms with Crippen LogP contribution in [-0.4, -0.2) is 41.8 Å². The van der Waals surface area contributed by atoms with E-state index in [1.807, 2.05) is 0 Å². The Labute approximate surface area is 158 Å². The zero-order valence-corrected chi connectivity index (χ0v) is 15.9. The normalized spacial score (nSPS) is 23.0. The second-order valence-electron chi connectivity index (χ2n) is 6.88. The molecule has 0 spiro atoms. The molecule has 1 heterocycles. The van der Waals surface area contributed by atoms with Crippen LogP contribution in [0.4, 0.5) is 4.39 Å². The van der Waals surface area contributed by atoms with Gasteiger partial charge in [0.15, 0.2) is 0 Å². The molecular weight excluding hydrogens is 367 g/mol. The fraction of sp³-hybridized carbons (Fsp3) is 0.350. The van der Waals surface area contributed by atoms with Crippen molar-refractivity contribution in [3.8, 4) is 17.2 Å². The number of aliphatic hydroxyl groups excluding tert-OH is 1. The molecule has 1 saturated heterocycles. The molecule has 3 atom stereocenters. The summed E-state index contributed by atoms with van der Waals surface area (Å²) in [6.45, 7) is 2.73. The standard InChI is InChI=1S/C20H21FN2O3S/c1-13(2)27(25,26)23-18(11-22)20(19(23)12-24)15-9-7-14(8-10-15)16-5-3-4-6-17(16)21/h3-10,13,18-20,24H,12H2,1-2H3/t18-,19-,20-/m0/s1. The molecule has 3 rings (SSSR count). The first-order valence-electron chi connectivity index (χ1n) is 8.70. The lowest BCUT2D eigenvalue weighted by molar-refractivity contribution is 0.0550. The minimum absolute atomic E-state index is 0.328. The van der Waals surface area contributed by atoms with E-state index in [1.165, 1.54) is 6.07 Å². The topological polar surface area (TPSA) is 81.4 Å². The van der Waals surface area contributed by atoms with Crippen molar-refractivity contribution in [1.29, 1.82) is 5.26 Å². The first-order chi connectivity index (χ1) is 12.8. The quantitative estimate of drug-likeness (QED) is 0.854. The molecule has 142 valence electrons. The molecule has 0 saturated carbocycles. The van der Waals surface area contributed by atoms with Crippen molar-refractivity contribution < 1.29 is 17.9 Å². The van der Waals surface area contributed by atoms with Crippen molar-refractivity contribution >= 4 is 10.0 Å². The van der Waals surface area contributed by atoms with Crippen LogP contribution in [0.2, 0.25) is 0 Å². The summed E-state index contributed by atoms with van der Waals surface area (Å²) < 4.78 is 40.1. The Bertz CT molecular complexity index is 967. The molecule has 1 aliphatic rings. The van der Waals surface area contributed by atoms with Crippen molar-refractivity contribution in [2.45, 2.75) is 37.1 Å². The summed E-state index contributed by atoms with van der Waals surface area (Å²) in [4.78, 5) is 0. The second kappa shape index (κ2) is 7.39. The molecule has 2 aromatic rings. The van der Waals surface area contributed by atoms with E-state index >= 15 is 0 Å². The predicted molar refractivity (Wildman–Crippen MR) is 101 cm³/mol. The van der Waals surface area contributed by atoms with Gasteiger partial charge in [-0.05, 0) is 31.0 Å². The summed E-state index contributed by atoms with van der Waals surface area (Å²) in [5.41, 5.74) is 1.91. The Kier molecular flexibility index (Phi) is 5.33. The number of halogens is 1. The van der Waals surface area contributed by atoms with Gasteiger partial charge in [0.25, 0.3) is 0 Å². The molecule has 0 bridgehead atoms. The van der Waals surface area contributed by atoms with E-state index in [-0.39, 0.29) is 12.4 Å². The van der Waals surface area contributed by atoms with Gasteiger partial charge < -0.3 is 5.11 Å². The van der Waals surface area contributed by atoms with Gasteiger partial charge in [-0.2, -0.15) is 9.57 Å². The molecule has 0 radical (unpaired) electrons. The Morgan fingerprint density at radius 3 is 2.33 bits per heavy atom. The van der Waals surface area contributed by atoms with E-state index < -0.39 is 33.3 Å². The van der Waals surface area contributed by atoms with Gasteiger partial charge in [-0.1, -0.05) is 42.5 Å². The highest BCUT2D eigenvalue weighted by Crippen LogP contribution is 2.43. The lowest BCUT2D eigenvalue weighted by atomic mass is 9.78. The van der Waals surface area contributed by atoms with Gasteiger partial charge in [0.05, 0.1) is 24.0 Å². The molecule has 0 aliphatic carbocycles. The molecule has 27 heavy (non-hydrogen) atoms. The highest BCUT2D eigenvalue weighted by molar-refractivity contribution is 7.89. The van der Waals surface area contributed by atoms with E-state index in [0.717, 1.165) is 9.87 Å². The monoisotopic (exact) mass is 388 g/mol. The minimum Gasteiger partial charge on any atom is -0.395 e. The number of benzene rings is 2. The van der Waals surface area contributed by atoms with Crippen LogP contribution in [0.3, 0.4) is 0 Å². The summed E-state index contributed by atoms with van der Waals surface area (Å²) in [6, 6.07) is 14.0. The third-order valence-electron chi connectivity index (χ3n) is 5.05.